The largest absolute Gasteiger partial charge is 0.436 e. The van der Waals surface area contributed by atoms with E-state index in [9.17, 15) is 0 Å². The van der Waals surface area contributed by atoms with Crippen LogP contribution in [0.4, 0.5) is 0 Å². The summed E-state index contributed by atoms with van der Waals surface area (Å²) in [6, 6.07) is 116. The second-order valence-electron chi connectivity index (χ2n) is 30.7. The predicted octanol–water partition coefficient (Wildman–Crippen LogP) is 28.0. The number of benzene rings is 11. The molecule has 0 saturated heterocycles. The first-order valence-electron chi connectivity index (χ1n) is 42.3. The average Bonchev–Trinajstić information content (AvgIpc) is 1.63. The van der Waals surface area contributed by atoms with Crippen LogP contribution in [-0.4, -0.2) is 69.4 Å². The Hall–Kier alpha value is -17.7. The van der Waals surface area contributed by atoms with Crippen molar-refractivity contribution in [2.24, 2.45) is 0 Å². The van der Waals surface area contributed by atoms with Gasteiger partial charge in [-0.25, -0.2) is 19.9 Å². The van der Waals surface area contributed by atoms with Crippen LogP contribution in [0.25, 0.3) is 216 Å². The van der Waals surface area contributed by atoms with E-state index in [1.807, 2.05) is 189 Å². The summed E-state index contributed by atoms with van der Waals surface area (Å²) in [6.45, 7) is 0. The van der Waals surface area contributed by atoms with Gasteiger partial charge in [-0.2, -0.15) is 0 Å². The van der Waals surface area contributed by atoms with Gasteiger partial charge in [0.15, 0.2) is 11.2 Å². The van der Waals surface area contributed by atoms with Gasteiger partial charge in [-0.1, -0.05) is 182 Å². The van der Waals surface area contributed by atoms with E-state index in [0.717, 1.165) is 194 Å². The molecule has 17 heteroatoms. The molecule has 24 aromatic rings. The van der Waals surface area contributed by atoms with Gasteiger partial charge in [0.2, 0.25) is 11.8 Å². The molecule has 13 aromatic heterocycles. The Morgan fingerprint density at radius 2 is 0.638 bits per heavy atom. The Morgan fingerprint density at radius 1 is 0.223 bits per heavy atom. The molecule has 614 valence electrons. The molecule has 0 fully saturated rings. The number of thiazole rings is 1. The van der Waals surface area contributed by atoms with Crippen LogP contribution in [0.1, 0.15) is 0 Å². The van der Waals surface area contributed by atoms with Crippen molar-refractivity contribution in [2.45, 2.75) is 0 Å². The molecule has 0 spiro atoms. The molecule has 0 bridgehead atoms. The first-order chi connectivity index (χ1) is 64.5. The van der Waals surface area contributed by atoms with Crippen LogP contribution in [0.15, 0.2) is 460 Å². The standard InChI is InChI=1S/C33H21N3S.C29H20N4.C28H18N4O.C23H15N3O/c1-2-11-27-25(7-1)20-35-21-30(27)23-14-15-28(26-10-6-16-34-19-26)29(18-23)22-8-5-9-24(17-22)33-36-31-12-3-4-13-32(31)37-33;1-2-10-24(11-3-1)33-28-13-5-4-12-27(28)32-29(33)25-15-14-21(22-8-6-16-30-19-22)18-26(25)23-9-7-17-31-20-23;1-2-10-26-25(9-1)32-28(33-26)27-23(20-7-4-12-30-17-20)14-22(19-6-3-11-29-16-19)15-24(27)21-8-5-13-31-18-21;1-2-8-22-21(7-1)26-23(27-22)19-10-9-16(17-5-3-11-24-14-17)13-20(19)18-6-4-12-25-15-18/h1-21H;1-20H;1-18H;1-15H. The van der Waals surface area contributed by atoms with Gasteiger partial charge in [0.25, 0.3) is 0 Å². The SMILES string of the molecule is c1ccc(-n2c(-c3ccc(-c4cccnc4)cc3-c3cccnc3)nc3ccccc32)cc1.c1cncc(-c2cc(-c3cccnc3)c(-c3nc4ccccc4o3)c(-c3cccnc3)c2)c1.c1cncc(-c2ccc(-c3cncc4ccccc34)cc2-c2cccc(-c3nc4ccccc4s3)c2)c1.c1cncc(-c2ccc(-c3nc4ccccc4o3)c(-c3cccnc3)c2)c1. The van der Waals surface area contributed by atoms with E-state index in [0.29, 0.717) is 11.8 Å². The second-order valence-corrected chi connectivity index (χ2v) is 31.7. The highest BCUT2D eigenvalue weighted by molar-refractivity contribution is 7.21. The number of imidazole rings is 1. The smallest absolute Gasteiger partial charge is 0.228 e. The summed E-state index contributed by atoms with van der Waals surface area (Å²) in [6.07, 6.45) is 33.2. The highest BCUT2D eigenvalue weighted by atomic mass is 32.1. The van der Waals surface area contributed by atoms with Crippen molar-refractivity contribution in [3.8, 4) is 162 Å². The van der Waals surface area contributed by atoms with Crippen molar-refractivity contribution in [3.63, 3.8) is 0 Å². The second kappa shape index (κ2) is 36.6. The molecule has 0 aliphatic rings. The Bertz CT molecular complexity index is 7930. The molecule has 0 aliphatic heterocycles. The minimum Gasteiger partial charge on any atom is -0.436 e. The third-order valence-corrected chi connectivity index (χ3v) is 23.7. The van der Waals surface area contributed by atoms with Crippen molar-refractivity contribution in [1.82, 2.24) is 69.4 Å². The summed E-state index contributed by atoms with van der Waals surface area (Å²) in [5, 5.41) is 3.36. The van der Waals surface area contributed by atoms with Gasteiger partial charge in [0.1, 0.15) is 21.9 Å². The number of nitrogens with zero attached hydrogens (tertiary/aromatic N) is 14. The molecule has 0 amide bonds. The lowest BCUT2D eigenvalue weighted by Gasteiger charge is -2.16. The highest BCUT2D eigenvalue weighted by Crippen LogP contribution is 2.46. The highest BCUT2D eigenvalue weighted by Gasteiger charge is 2.25. The third kappa shape index (κ3) is 16.8. The zero-order valence-electron chi connectivity index (χ0n) is 69.7. The number of para-hydroxylation sites is 8. The predicted molar refractivity (Wildman–Crippen MR) is 522 cm³/mol. The van der Waals surface area contributed by atoms with Gasteiger partial charge in [-0.3, -0.25) is 49.4 Å². The number of hydrogen-bond acceptors (Lipinski definition) is 16. The number of hydrogen-bond donors (Lipinski definition) is 0. The topological polar surface area (TPSA) is 199 Å². The van der Waals surface area contributed by atoms with Crippen LogP contribution in [0.3, 0.4) is 0 Å². The summed E-state index contributed by atoms with van der Waals surface area (Å²) in [4.78, 5) is 58.6. The fraction of sp³-hybridized carbons (Fsp3) is 0. The van der Waals surface area contributed by atoms with Crippen LogP contribution >= 0.6 is 11.3 Å². The summed E-state index contributed by atoms with van der Waals surface area (Å²) in [5.41, 5.74) is 32.6. The molecule has 0 N–H and O–H groups in total. The quantitative estimate of drug-likeness (QED) is 0.0938. The maximum absolute atomic E-state index is 6.26. The Morgan fingerprint density at radius 3 is 1.21 bits per heavy atom. The fourth-order valence-corrected chi connectivity index (χ4v) is 17.4. The van der Waals surface area contributed by atoms with Crippen LogP contribution in [0, 0.1) is 0 Å². The zero-order valence-corrected chi connectivity index (χ0v) is 70.5. The molecule has 13 heterocycles. The number of pyridine rings is 9. The molecule has 0 atom stereocenters. The molecule has 0 aliphatic carbocycles. The lowest BCUT2D eigenvalue weighted by molar-refractivity contribution is 0.620. The van der Waals surface area contributed by atoms with E-state index in [2.05, 4.69) is 273 Å². The minimum atomic E-state index is 0.562. The van der Waals surface area contributed by atoms with E-state index < -0.39 is 0 Å². The third-order valence-electron chi connectivity index (χ3n) is 22.6. The normalized spacial score (nSPS) is 11.1. The first-order valence-corrected chi connectivity index (χ1v) is 43.2. The van der Waals surface area contributed by atoms with E-state index >= 15 is 0 Å². The molecule has 0 saturated carbocycles. The maximum atomic E-state index is 6.26. The molecule has 16 nitrogen and oxygen atoms in total. The molecule has 11 aromatic carbocycles. The average molecular weight is 1690 g/mol. The summed E-state index contributed by atoms with van der Waals surface area (Å²) in [7, 11) is 0. The van der Waals surface area contributed by atoms with Gasteiger partial charge in [0, 0.05) is 189 Å². The van der Waals surface area contributed by atoms with E-state index in [-0.39, 0.29) is 0 Å². The van der Waals surface area contributed by atoms with Crippen LogP contribution < -0.4 is 0 Å². The molecular formula is C113H74N14O2S. The lowest BCUT2D eigenvalue weighted by Crippen LogP contribution is -1.99. The molecule has 130 heavy (non-hydrogen) atoms. The van der Waals surface area contributed by atoms with Crippen molar-refractivity contribution < 1.29 is 8.83 Å². The van der Waals surface area contributed by atoms with Gasteiger partial charge in [0.05, 0.1) is 26.8 Å². The van der Waals surface area contributed by atoms with E-state index in [1.54, 1.807) is 54.7 Å². The van der Waals surface area contributed by atoms with Crippen molar-refractivity contribution >= 4 is 65.6 Å². The van der Waals surface area contributed by atoms with Crippen LogP contribution in [0.5, 0.6) is 0 Å². The monoisotopic (exact) mass is 1690 g/mol. The maximum Gasteiger partial charge on any atom is 0.228 e. The number of fused-ring (bicyclic) bond motifs is 5. The fourth-order valence-electron chi connectivity index (χ4n) is 16.4. The lowest BCUT2D eigenvalue weighted by atomic mass is 9.89. The molecule has 24 rings (SSSR count). The molecule has 0 unspecified atom stereocenters. The van der Waals surface area contributed by atoms with Crippen molar-refractivity contribution in [2.75, 3.05) is 0 Å². The Labute approximate surface area is 751 Å². The van der Waals surface area contributed by atoms with E-state index in [1.165, 1.54) is 10.1 Å². The van der Waals surface area contributed by atoms with Crippen LogP contribution in [-0.2, 0) is 0 Å². The molecule has 0 radical (unpaired) electrons. The van der Waals surface area contributed by atoms with Crippen LogP contribution in [0.2, 0.25) is 0 Å². The van der Waals surface area contributed by atoms with Gasteiger partial charge in [-0.15, -0.1) is 11.3 Å². The van der Waals surface area contributed by atoms with Gasteiger partial charge in [-0.05, 0) is 224 Å². The van der Waals surface area contributed by atoms with Gasteiger partial charge >= 0.3 is 0 Å². The van der Waals surface area contributed by atoms with E-state index in [4.69, 9.17) is 23.8 Å². The molecular weight excluding hydrogens is 1620 g/mol. The van der Waals surface area contributed by atoms with Gasteiger partial charge < -0.3 is 8.83 Å². The summed E-state index contributed by atoms with van der Waals surface area (Å²) < 4.78 is 15.7. The minimum absolute atomic E-state index is 0.562. The van der Waals surface area contributed by atoms with Crippen molar-refractivity contribution in [1.29, 1.82) is 0 Å². The Kier molecular flexibility index (Phi) is 22.4. The summed E-state index contributed by atoms with van der Waals surface area (Å²) in [5.74, 6) is 2.07. The summed E-state index contributed by atoms with van der Waals surface area (Å²) >= 11 is 1.73. The first kappa shape index (κ1) is 79.5. The van der Waals surface area contributed by atoms with Crippen molar-refractivity contribution in [3.05, 3.63) is 451 Å². The zero-order chi connectivity index (χ0) is 86.7. The number of rotatable bonds is 15. The Balaban J connectivity index is 0.000000105. The number of oxazole rings is 2. The number of aromatic nitrogens is 14.